The standard InChI is InChI=1S/C18H26N2O3/c1-14-12-16(9-10-19(14)2)18(23)20(13-17(21)22)11-8-15-6-4-3-5-7-15/h3-7,14,16H,8-13H2,1-2H3,(H,21,22)/t14-,16-/m0/s1. The number of likely N-dealkylation sites (tertiary alicyclic amines) is 1. The highest BCUT2D eigenvalue weighted by Gasteiger charge is 2.31. The maximum absolute atomic E-state index is 12.8. The molecular weight excluding hydrogens is 292 g/mol. The van der Waals surface area contributed by atoms with Crippen molar-refractivity contribution in [1.82, 2.24) is 9.80 Å². The fourth-order valence-corrected chi connectivity index (χ4v) is 3.11. The lowest BCUT2D eigenvalue weighted by molar-refractivity contribution is -0.147. The van der Waals surface area contributed by atoms with Gasteiger partial charge in [0.2, 0.25) is 5.91 Å². The number of carboxylic acid groups (broad SMARTS) is 1. The van der Waals surface area contributed by atoms with Gasteiger partial charge in [0.25, 0.3) is 0 Å². The lowest BCUT2D eigenvalue weighted by Crippen LogP contribution is -2.46. The van der Waals surface area contributed by atoms with E-state index in [-0.39, 0.29) is 18.4 Å². The summed E-state index contributed by atoms with van der Waals surface area (Å²) < 4.78 is 0. The van der Waals surface area contributed by atoms with Crippen molar-refractivity contribution < 1.29 is 14.7 Å². The zero-order valence-corrected chi connectivity index (χ0v) is 13.9. The molecule has 1 aromatic carbocycles. The minimum atomic E-state index is -0.951. The number of carboxylic acids is 1. The average Bonchev–Trinajstić information content (AvgIpc) is 2.54. The van der Waals surface area contributed by atoms with E-state index < -0.39 is 5.97 Å². The maximum Gasteiger partial charge on any atom is 0.323 e. The Hall–Kier alpha value is -1.88. The second kappa shape index (κ2) is 8.11. The maximum atomic E-state index is 12.8. The van der Waals surface area contributed by atoms with Gasteiger partial charge >= 0.3 is 5.97 Å². The van der Waals surface area contributed by atoms with Crippen molar-refractivity contribution in [2.75, 3.05) is 26.7 Å². The Morgan fingerprint density at radius 2 is 2.00 bits per heavy atom. The molecule has 0 bridgehead atoms. The fraction of sp³-hybridized carbons (Fsp3) is 0.556. The quantitative estimate of drug-likeness (QED) is 0.870. The SMILES string of the molecule is C[C@H]1C[C@@H](C(=O)N(CCc2ccccc2)CC(=O)O)CCN1C. The molecule has 126 valence electrons. The molecule has 1 saturated heterocycles. The Morgan fingerprint density at radius 3 is 2.61 bits per heavy atom. The molecule has 1 aliphatic rings. The van der Waals surface area contributed by atoms with Gasteiger partial charge in [0.05, 0.1) is 0 Å². The number of hydrogen-bond donors (Lipinski definition) is 1. The first-order valence-corrected chi connectivity index (χ1v) is 8.22. The molecule has 1 N–H and O–H groups in total. The van der Waals surface area contributed by atoms with Crippen molar-refractivity contribution in [2.45, 2.75) is 32.2 Å². The molecule has 1 fully saturated rings. The van der Waals surface area contributed by atoms with Gasteiger partial charge in [0, 0.05) is 18.5 Å². The number of rotatable bonds is 6. The number of carbonyl (C=O) groups is 2. The van der Waals surface area contributed by atoms with Crippen LogP contribution in [0.2, 0.25) is 0 Å². The fourth-order valence-electron chi connectivity index (χ4n) is 3.11. The molecule has 0 aromatic heterocycles. The summed E-state index contributed by atoms with van der Waals surface area (Å²) in [6.07, 6.45) is 2.29. The van der Waals surface area contributed by atoms with Crippen molar-refractivity contribution >= 4 is 11.9 Å². The first-order chi connectivity index (χ1) is 11.0. The van der Waals surface area contributed by atoms with Crippen LogP contribution in [0.1, 0.15) is 25.3 Å². The number of amides is 1. The van der Waals surface area contributed by atoms with Crippen LogP contribution in [0, 0.1) is 5.92 Å². The Bertz CT molecular complexity index is 532. The van der Waals surface area contributed by atoms with E-state index in [1.165, 1.54) is 4.90 Å². The molecule has 0 saturated carbocycles. The second-order valence-corrected chi connectivity index (χ2v) is 6.44. The topological polar surface area (TPSA) is 60.9 Å². The van der Waals surface area contributed by atoms with Gasteiger partial charge < -0.3 is 14.9 Å². The predicted molar refractivity (Wildman–Crippen MR) is 89.2 cm³/mol. The van der Waals surface area contributed by atoms with Crippen LogP contribution in [0.4, 0.5) is 0 Å². The molecule has 0 unspecified atom stereocenters. The molecule has 2 rings (SSSR count). The number of carbonyl (C=O) groups excluding carboxylic acids is 1. The summed E-state index contributed by atoms with van der Waals surface area (Å²) in [5.41, 5.74) is 1.12. The van der Waals surface area contributed by atoms with Crippen LogP contribution in [0.5, 0.6) is 0 Å². The summed E-state index contributed by atoms with van der Waals surface area (Å²) >= 11 is 0. The zero-order chi connectivity index (χ0) is 16.8. The van der Waals surface area contributed by atoms with E-state index in [1.54, 1.807) is 0 Å². The zero-order valence-electron chi connectivity index (χ0n) is 13.9. The Labute approximate surface area is 137 Å². The van der Waals surface area contributed by atoms with E-state index >= 15 is 0 Å². The highest BCUT2D eigenvalue weighted by Crippen LogP contribution is 2.23. The highest BCUT2D eigenvalue weighted by atomic mass is 16.4. The third-order valence-electron chi connectivity index (χ3n) is 4.71. The van der Waals surface area contributed by atoms with Crippen LogP contribution in [0.25, 0.3) is 0 Å². The first-order valence-electron chi connectivity index (χ1n) is 8.22. The van der Waals surface area contributed by atoms with Gasteiger partial charge in [0.1, 0.15) is 6.54 Å². The molecule has 1 heterocycles. The number of piperidine rings is 1. The molecule has 1 amide bonds. The summed E-state index contributed by atoms with van der Waals surface area (Å²) in [7, 11) is 2.07. The lowest BCUT2D eigenvalue weighted by atomic mass is 9.90. The molecule has 1 aliphatic heterocycles. The van der Waals surface area contributed by atoms with Crippen molar-refractivity contribution in [3.63, 3.8) is 0 Å². The van der Waals surface area contributed by atoms with Gasteiger partial charge in [-0.1, -0.05) is 30.3 Å². The van der Waals surface area contributed by atoms with E-state index in [2.05, 4.69) is 18.9 Å². The minimum Gasteiger partial charge on any atom is -0.480 e. The summed E-state index contributed by atoms with van der Waals surface area (Å²) in [5, 5.41) is 9.12. The smallest absolute Gasteiger partial charge is 0.323 e. The van der Waals surface area contributed by atoms with Crippen LogP contribution >= 0.6 is 0 Å². The van der Waals surface area contributed by atoms with Crippen molar-refractivity contribution in [3.05, 3.63) is 35.9 Å². The molecule has 0 aliphatic carbocycles. The number of hydrogen-bond acceptors (Lipinski definition) is 3. The largest absolute Gasteiger partial charge is 0.480 e. The van der Waals surface area contributed by atoms with Gasteiger partial charge in [-0.25, -0.2) is 0 Å². The number of benzene rings is 1. The van der Waals surface area contributed by atoms with Crippen molar-refractivity contribution in [1.29, 1.82) is 0 Å². The molecule has 23 heavy (non-hydrogen) atoms. The van der Waals surface area contributed by atoms with Gasteiger partial charge in [-0.3, -0.25) is 9.59 Å². The molecule has 2 atom stereocenters. The van der Waals surface area contributed by atoms with Crippen LogP contribution in [-0.4, -0.2) is 59.5 Å². The Kier molecular flexibility index (Phi) is 6.16. The highest BCUT2D eigenvalue weighted by molar-refractivity contribution is 5.83. The van der Waals surface area contributed by atoms with Crippen LogP contribution in [0.3, 0.4) is 0 Å². The van der Waals surface area contributed by atoms with E-state index in [4.69, 9.17) is 5.11 Å². The van der Waals surface area contributed by atoms with Crippen LogP contribution in [-0.2, 0) is 16.0 Å². The number of nitrogens with zero attached hydrogens (tertiary/aromatic N) is 2. The molecule has 0 spiro atoms. The third-order valence-corrected chi connectivity index (χ3v) is 4.71. The van der Waals surface area contributed by atoms with Crippen LogP contribution in [0.15, 0.2) is 30.3 Å². The van der Waals surface area contributed by atoms with E-state index in [0.717, 1.165) is 24.9 Å². The van der Waals surface area contributed by atoms with E-state index in [1.807, 2.05) is 30.3 Å². The monoisotopic (exact) mass is 318 g/mol. The second-order valence-electron chi connectivity index (χ2n) is 6.44. The third kappa shape index (κ3) is 5.06. The summed E-state index contributed by atoms with van der Waals surface area (Å²) in [4.78, 5) is 27.6. The lowest BCUT2D eigenvalue weighted by Gasteiger charge is -2.36. The summed E-state index contributed by atoms with van der Waals surface area (Å²) in [5.74, 6) is -1.02. The van der Waals surface area contributed by atoms with Gasteiger partial charge in [0.15, 0.2) is 0 Å². The Balaban J connectivity index is 1.99. The van der Waals surface area contributed by atoms with Crippen LogP contribution < -0.4 is 0 Å². The molecule has 0 radical (unpaired) electrons. The first kappa shape index (κ1) is 17.5. The van der Waals surface area contributed by atoms with E-state index in [9.17, 15) is 9.59 Å². The molecule has 1 aromatic rings. The Morgan fingerprint density at radius 1 is 1.30 bits per heavy atom. The molecular formula is C18H26N2O3. The predicted octanol–water partition coefficient (Wildman–Crippen LogP) is 1.87. The summed E-state index contributed by atoms with van der Waals surface area (Å²) in [6, 6.07) is 10.2. The van der Waals surface area contributed by atoms with Gasteiger partial charge in [-0.05, 0) is 45.3 Å². The van der Waals surface area contributed by atoms with Gasteiger partial charge in [-0.2, -0.15) is 0 Å². The van der Waals surface area contributed by atoms with Gasteiger partial charge in [-0.15, -0.1) is 0 Å². The minimum absolute atomic E-state index is 0.0109. The molecule has 5 nitrogen and oxygen atoms in total. The van der Waals surface area contributed by atoms with Crippen molar-refractivity contribution in [2.24, 2.45) is 5.92 Å². The normalized spacial score (nSPS) is 21.8. The summed E-state index contributed by atoms with van der Waals surface area (Å²) in [6.45, 7) is 3.24. The molecule has 5 heteroatoms. The number of aliphatic carboxylic acids is 1. The van der Waals surface area contributed by atoms with Crippen molar-refractivity contribution in [3.8, 4) is 0 Å². The average molecular weight is 318 g/mol. The van der Waals surface area contributed by atoms with E-state index in [0.29, 0.717) is 19.0 Å².